The lowest BCUT2D eigenvalue weighted by molar-refractivity contribution is -0.138. The molecular weight excluding hydrogens is 138 g/mol. The Morgan fingerprint density at radius 1 is 1.89 bits per heavy atom. The summed E-state index contributed by atoms with van der Waals surface area (Å²) in [5.41, 5.74) is 0. The Balaban J connectivity index is 2.39. The normalized spacial score (nSPS) is 34.8. The summed E-state index contributed by atoms with van der Waals surface area (Å²) in [7, 11) is 0. The van der Waals surface area contributed by atoms with E-state index in [2.05, 4.69) is 4.72 Å². The molecule has 0 aromatic heterocycles. The zero-order chi connectivity index (χ0) is 6.85. The van der Waals surface area contributed by atoms with Crippen LogP contribution in [0.15, 0.2) is 0 Å². The lowest BCUT2D eigenvalue weighted by atomic mass is 10.2. The van der Waals surface area contributed by atoms with Crippen molar-refractivity contribution in [3.8, 4) is 0 Å². The van der Waals surface area contributed by atoms with Crippen LogP contribution in [0, 0.1) is 0 Å². The highest BCUT2D eigenvalue weighted by molar-refractivity contribution is 7.94. The Morgan fingerprint density at radius 3 is 2.78 bits per heavy atom. The van der Waals surface area contributed by atoms with Crippen LogP contribution in [0.25, 0.3) is 0 Å². The maximum absolute atomic E-state index is 10.3. The lowest BCUT2D eigenvalue weighted by Crippen LogP contribution is -2.32. The molecule has 2 N–H and O–H groups in total. The van der Waals surface area contributed by atoms with Crippen LogP contribution in [0.4, 0.5) is 0 Å². The smallest absolute Gasteiger partial charge is 0.325 e. The molecular formula is C5H10NO2S+. The first-order valence-electron chi connectivity index (χ1n) is 2.81. The summed E-state index contributed by atoms with van der Waals surface area (Å²) >= 11 is 0.146. The quantitative estimate of drug-likeness (QED) is 0.497. The first-order valence-corrected chi connectivity index (χ1v) is 4.62. The molecule has 3 nitrogen and oxygen atoms in total. The number of nitrogens with one attached hydrogen (secondary N) is 1. The van der Waals surface area contributed by atoms with Crippen LogP contribution >= 0.6 is 0 Å². The SMILES string of the molecule is C[S+]1CC[C@H](C(=O)O)N1. The highest BCUT2D eigenvalue weighted by Gasteiger charge is 2.33. The Labute approximate surface area is 56.9 Å². The van der Waals surface area contributed by atoms with Gasteiger partial charge in [-0.3, -0.25) is 4.79 Å². The molecule has 1 unspecified atom stereocenters. The molecule has 0 aromatic rings. The molecule has 1 aliphatic rings. The van der Waals surface area contributed by atoms with E-state index in [9.17, 15) is 4.79 Å². The molecule has 1 aliphatic heterocycles. The van der Waals surface area contributed by atoms with E-state index >= 15 is 0 Å². The van der Waals surface area contributed by atoms with E-state index in [0.717, 1.165) is 12.2 Å². The molecule has 52 valence electrons. The molecule has 2 atom stereocenters. The fourth-order valence-electron chi connectivity index (χ4n) is 0.829. The summed E-state index contributed by atoms with van der Waals surface area (Å²) in [6.07, 6.45) is 2.82. The van der Waals surface area contributed by atoms with Crippen LogP contribution in [-0.4, -0.2) is 29.1 Å². The van der Waals surface area contributed by atoms with E-state index in [1.807, 2.05) is 6.26 Å². The Morgan fingerprint density at radius 2 is 2.56 bits per heavy atom. The Bertz CT molecular complexity index is 128. The first kappa shape index (κ1) is 6.89. The van der Waals surface area contributed by atoms with E-state index in [-0.39, 0.29) is 17.1 Å². The minimum absolute atomic E-state index is 0.146. The molecule has 1 rings (SSSR count). The number of hydrogen-bond acceptors (Lipinski definition) is 2. The summed E-state index contributed by atoms with van der Waals surface area (Å²) in [6.45, 7) is 0. The van der Waals surface area contributed by atoms with Crippen molar-refractivity contribution in [2.75, 3.05) is 12.0 Å². The number of carboxylic acid groups (broad SMARTS) is 1. The van der Waals surface area contributed by atoms with Crippen LogP contribution in [0.3, 0.4) is 0 Å². The highest BCUT2D eigenvalue weighted by Crippen LogP contribution is 2.07. The molecule has 1 saturated heterocycles. The number of aliphatic carboxylic acids is 1. The molecule has 1 heterocycles. The minimum atomic E-state index is -0.716. The van der Waals surface area contributed by atoms with E-state index < -0.39 is 5.97 Å². The van der Waals surface area contributed by atoms with Crippen LogP contribution < -0.4 is 4.72 Å². The van der Waals surface area contributed by atoms with Gasteiger partial charge in [-0.15, -0.1) is 4.72 Å². The largest absolute Gasteiger partial charge is 0.480 e. The second-order valence-electron chi connectivity index (χ2n) is 2.14. The molecule has 9 heavy (non-hydrogen) atoms. The van der Waals surface area contributed by atoms with Gasteiger partial charge in [-0.1, -0.05) is 0 Å². The Hall–Kier alpha value is -0.220. The van der Waals surface area contributed by atoms with Crippen LogP contribution in [-0.2, 0) is 15.9 Å². The molecule has 0 radical (unpaired) electrons. The van der Waals surface area contributed by atoms with Crippen molar-refractivity contribution in [3.05, 3.63) is 0 Å². The number of hydrogen-bond donors (Lipinski definition) is 2. The van der Waals surface area contributed by atoms with Gasteiger partial charge in [0.2, 0.25) is 0 Å². The van der Waals surface area contributed by atoms with Gasteiger partial charge in [0.15, 0.2) is 6.04 Å². The number of carboxylic acids is 1. The maximum Gasteiger partial charge on any atom is 0.325 e. The van der Waals surface area contributed by atoms with Crippen molar-refractivity contribution in [1.29, 1.82) is 0 Å². The monoisotopic (exact) mass is 148 g/mol. The maximum atomic E-state index is 10.3. The van der Waals surface area contributed by atoms with Crippen molar-refractivity contribution in [1.82, 2.24) is 4.72 Å². The predicted molar refractivity (Wildman–Crippen MR) is 37.3 cm³/mol. The van der Waals surface area contributed by atoms with Gasteiger partial charge in [0.05, 0.1) is 11.1 Å². The third-order valence-corrected chi connectivity index (χ3v) is 2.89. The van der Waals surface area contributed by atoms with Gasteiger partial charge < -0.3 is 5.11 Å². The van der Waals surface area contributed by atoms with Crippen molar-refractivity contribution in [2.45, 2.75) is 12.5 Å². The van der Waals surface area contributed by atoms with Gasteiger partial charge >= 0.3 is 5.97 Å². The fraction of sp³-hybridized carbons (Fsp3) is 0.800. The summed E-state index contributed by atoms with van der Waals surface area (Å²) in [4.78, 5) is 10.3. The predicted octanol–water partition coefficient (Wildman–Crippen LogP) is -0.404. The highest BCUT2D eigenvalue weighted by atomic mass is 32.2. The van der Waals surface area contributed by atoms with E-state index in [0.29, 0.717) is 0 Å². The van der Waals surface area contributed by atoms with Crippen LogP contribution in [0.1, 0.15) is 6.42 Å². The second-order valence-corrected chi connectivity index (χ2v) is 4.06. The molecule has 1 fully saturated rings. The molecule has 0 bridgehead atoms. The molecule has 0 aromatic carbocycles. The van der Waals surface area contributed by atoms with Gasteiger partial charge in [0.25, 0.3) is 0 Å². The van der Waals surface area contributed by atoms with Crippen molar-refractivity contribution < 1.29 is 9.90 Å². The van der Waals surface area contributed by atoms with E-state index in [1.165, 1.54) is 0 Å². The van der Waals surface area contributed by atoms with Crippen LogP contribution in [0.2, 0.25) is 0 Å². The zero-order valence-corrected chi connectivity index (χ0v) is 6.07. The Kier molecular flexibility index (Phi) is 1.97. The summed E-state index contributed by atoms with van der Waals surface area (Å²) in [6, 6.07) is -0.279. The van der Waals surface area contributed by atoms with Gasteiger partial charge in [0.1, 0.15) is 12.0 Å². The number of rotatable bonds is 1. The summed E-state index contributed by atoms with van der Waals surface area (Å²) < 4.78 is 2.98. The minimum Gasteiger partial charge on any atom is -0.480 e. The van der Waals surface area contributed by atoms with Gasteiger partial charge in [-0.25, -0.2) is 0 Å². The van der Waals surface area contributed by atoms with Crippen molar-refractivity contribution >= 4 is 17.1 Å². The molecule has 0 saturated carbocycles. The van der Waals surface area contributed by atoms with Crippen LogP contribution in [0.5, 0.6) is 0 Å². The van der Waals surface area contributed by atoms with E-state index in [1.54, 1.807) is 0 Å². The first-order chi connectivity index (χ1) is 4.20. The molecule has 4 heteroatoms. The zero-order valence-electron chi connectivity index (χ0n) is 5.26. The van der Waals surface area contributed by atoms with Gasteiger partial charge in [-0.2, -0.15) is 0 Å². The molecule has 0 spiro atoms. The third-order valence-electron chi connectivity index (χ3n) is 1.35. The molecule has 0 amide bonds. The molecule has 0 aliphatic carbocycles. The summed E-state index contributed by atoms with van der Waals surface area (Å²) in [5.74, 6) is 0.295. The lowest BCUT2D eigenvalue weighted by Gasteiger charge is -1.96. The fourth-order valence-corrected chi connectivity index (χ4v) is 2.24. The second kappa shape index (κ2) is 2.58. The van der Waals surface area contributed by atoms with Crippen molar-refractivity contribution in [3.63, 3.8) is 0 Å². The summed E-state index contributed by atoms with van der Waals surface area (Å²) in [5, 5.41) is 8.47. The number of carbonyl (C=O) groups is 1. The van der Waals surface area contributed by atoms with Gasteiger partial charge in [-0.05, 0) is 0 Å². The topological polar surface area (TPSA) is 49.3 Å². The average Bonchev–Trinajstić information content (AvgIpc) is 2.14. The van der Waals surface area contributed by atoms with E-state index in [4.69, 9.17) is 5.11 Å². The third kappa shape index (κ3) is 1.59. The average molecular weight is 148 g/mol. The van der Waals surface area contributed by atoms with Gasteiger partial charge in [0, 0.05) is 6.42 Å². The standard InChI is InChI=1S/C5H9NO2S/c1-9-3-2-4(6-9)5(7)8/h4,6H,2-3H2,1H3/p+1/t4-,9?/m1/s1. The van der Waals surface area contributed by atoms with Crippen molar-refractivity contribution in [2.24, 2.45) is 0 Å².